The van der Waals surface area contributed by atoms with Gasteiger partial charge in [-0.25, -0.2) is 4.90 Å². The zero-order chi connectivity index (χ0) is 33.5. The molecule has 2 amide bonds. The molecular weight excluding hydrogens is 610 g/mol. The largest absolute Gasteiger partial charge is 0.497 e. The summed E-state index contributed by atoms with van der Waals surface area (Å²) in [5.41, 5.74) is 2.43. The molecule has 0 bridgehead atoms. The van der Waals surface area contributed by atoms with Gasteiger partial charge >= 0.3 is 0 Å². The minimum absolute atomic E-state index is 0.220. The number of carbonyl (C=O) groups excluding carboxylic acids is 2. The number of imide groups is 1. The van der Waals surface area contributed by atoms with Crippen LogP contribution in [-0.4, -0.2) is 33.1 Å². The third kappa shape index (κ3) is 5.27. The normalized spacial score (nSPS) is 18.8. The van der Waals surface area contributed by atoms with Crippen molar-refractivity contribution in [2.45, 2.75) is 19.3 Å². The van der Waals surface area contributed by atoms with E-state index in [1.54, 1.807) is 61.7 Å². The number of rotatable bonds is 8. The van der Waals surface area contributed by atoms with Crippen molar-refractivity contribution in [2.24, 2.45) is 11.8 Å². The van der Waals surface area contributed by atoms with Gasteiger partial charge in [0.25, 0.3) is 0 Å². The molecule has 7 rings (SSSR count). The smallest absolute Gasteiger partial charge is 0.238 e. The van der Waals surface area contributed by atoms with Crippen molar-refractivity contribution < 1.29 is 33.0 Å². The van der Waals surface area contributed by atoms with Crippen LogP contribution in [0.2, 0.25) is 0 Å². The Morgan fingerprint density at radius 1 is 0.729 bits per heavy atom. The maximum Gasteiger partial charge on any atom is 0.238 e. The standard InChI is InChI=1S/C39H33NO8/c1-22-17-28(34-29(18-22)38(42)40(39(34)43)24-9-8-12-27(19-24)47-26-10-6-5-7-11-26)35-32(45-3)21-33(46-4)36-30(41)20-31(48-37(35)36)23-13-15-25(44-2)16-14-23/h5-17,19-21,28-29,34H,18H2,1-4H3/t28?,29-,34+/m0/s1. The van der Waals surface area contributed by atoms with E-state index >= 15 is 0 Å². The zero-order valence-electron chi connectivity index (χ0n) is 26.9. The van der Waals surface area contributed by atoms with Crippen molar-refractivity contribution in [2.75, 3.05) is 26.2 Å². The van der Waals surface area contributed by atoms with E-state index < -0.39 is 17.8 Å². The van der Waals surface area contributed by atoms with Gasteiger partial charge in [0.05, 0.1) is 38.9 Å². The number of ether oxygens (including phenoxy) is 4. The van der Waals surface area contributed by atoms with Gasteiger partial charge in [-0.05, 0) is 61.9 Å². The molecular formula is C39H33NO8. The average Bonchev–Trinajstić information content (AvgIpc) is 3.36. The summed E-state index contributed by atoms with van der Waals surface area (Å²) in [6, 6.07) is 26.5. The Hall–Kier alpha value is -5.83. The van der Waals surface area contributed by atoms with E-state index in [4.69, 9.17) is 23.4 Å². The summed E-state index contributed by atoms with van der Waals surface area (Å²) in [5, 5.41) is 0.220. The molecule has 1 saturated heterocycles. The van der Waals surface area contributed by atoms with Crippen molar-refractivity contribution in [1.82, 2.24) is 0 Å². The lowest BCUT2D eigenvalue weighted by Gasteiger charge is -2.30. The molecule has 9 heteroatoms. The minimum atomic E-state index is -0.777. The molecule has 1 aliphatic carbocycles. The molecule has 3 atom stereocenters. The number of benzene rings is 4. The van der Waals surface area contributed by atoms with Gasteiger partial charge in [-0.2, -0.15) is 0 Å². The van der Waals surface area contributed by atoms with Crippen LogP contribution in [0.1, 0.15) is 24.8 Å². The zero-order valence-corrected chi connectivity index (χ0v) is 26.9. The number of para-hydroxylation sites is 1. The molecule has 1 aliphatic heterocycles. The molecule has 2 aliphatic rings. The molecule has 0 saturated carbocycles. The molecule has 1 unspecified atom stereocenters. The molecule has 1 aromatic heterocycles. The third-order valence-electron chi connectivity index (χ3n) is 9.04. The molecule has 242 valence electrons. The van der Waals surface area contributed by atoms with E-state index in [1.165, 1.54) is 25.2 Å². The summed E-state index contributed by atoms with van der Waals surface area (Å²) in [6.07, 6.45) is 2.40. The number of hydrogen-bond acceptors (Lipinski definition) is 8. The van der Waals surface area contributed by atoms with Gasteiger partial charge in [0, 0.05) is 35.2 Å². The van der Waals surface area contributed by atoms with Crippen LogP contribution in [0, 0.1) is 11.8 Å². The maximum atomic E-state index is 14.5. The highest BCUT2D eigenvalue weighted by atomic mass is 16.5. The SMILES string of the molecule is COc1ccc(-c2cc(=O)c3c(OC)cc(OC)c(C4C=C(C)C[C@@H]5C(=O)N(c6cccc(Oc7ccccc7)c6)C(=O)[C@H]45)c3o2)cc1. The molecule has 2 heterocycles. The van der Waals surface area contributed by atoms with E-state index in [0.717, 1.165) is 5.57 Å². The van der Waals surface area contributed by atoms with Crippen LogP contribution < -0.4 is 29.3 Å². The fourth-order valence-electron chi connectivity index (χ4n) is 6.86. The van der Waals surface area contributed by atoms with Crippen molar-refractivity contribution in [3.05, 3.63) is 118 Å². The summed E-state index contributed by atoms with van der Waals surface area (Å²) in [5.74, 6) is 0.0620. The molecule has 48 heavy (non-hydrogen) atoms. The first-order valence-corrected chi connectivity index (χ1v) is 15.6. The van der Waals surface area contributed by atoms with Gasteiger partial charge in [0.15, 0.2) is 5.43 Å². The van der Waals surface area contributed by atoms with Gasteiger partial charge in [0.1, 0.15) is 45.5 Å². The number of hydrogen-bond donors (Lipinski definition) is 0. The predicted octanol–water partition coefficient (Wildman–Crippen LogP) is 7.52. The quantitative estimate of drug-likeness (QED) is 0.126. The Morgan fingerprint density at radius 3 is 2.17 bits per heavy atom. The molecule has 0 radical (unpaired) electrons. The van der Waals surface area contributed by atoms with Gasteiger partial charge in [0.2, 0.25) is 11.8 Å². The van der Waals surface area contributed by atoms with Gasteiger partial charge in [-0.3, -0.25) is 14.4 Å². The number of fused-ring (bicyclic) bond motifs is 2. The van der Waals surface area contributed by atoms with Gasteiger partial charge in [-0.15, -0.1) is 0 Å². The van der Waals surface area contributed by atoms with Crippen LogP contribution in [0.3, 0.4) is 0 Å². The number of carbonyl (C=O) groups is 2. The van der Waals surface area contributed by atoms with E-state index in [-0.39, 0.29) is 34.0 Å². The molecule has 4 aromatic carbocycles. The summed E-state index contributed by atoms with van der Waals surface area (Å²) in [4.78, 5) is 43.6. The second-order valence-corrected chi connectivity index (χ2v) is 11.9. The van der Waals surface area contributed by atoms with Crippen LogP contribution in [0.25, 0.3) is 22.3 Å². The van der Waals surface area contributed by atoms with E-state index in [1.807, 2.05) is 43.3 Å². The Kier molecular flexibility index (Phi) is 7.96. The lowest BCUT2D eigenvalue weighted by Crippen LogP contribution is -2.31. The van der Waals surface area contributed by atoms with Crippen LogP contribution >= 0.6 is 0 Å². The highest BCUT2D eigenvalue weighted by Crippen LogP contribution is 2.51. The number of nitrogens with zero attached hydrogens (tertiary/aromatic N) is 1. The number of anilines is 1. The topological polar surface area (TPSA) is 105 Å². The van der Waals surface area contributed by atoms with Crippen molar-refractivity contribution >= 4 is 28.5 Å². The fraction of sp³-hybridized carbons (Fsp3) is 0.205. The Balaban J connectivity index is 1.36. The maximum absolute atomic E-state index is 14.5. The van der Waals surface area contributed by atoms with Gasteiger partial charge in [-0.1, -0.05) is 35.9 Å². The van der Waals surface area contributed by atoms with Crippen LogP contribution in [-0.2, 0) is 9.59 Å². The Labute approximate surface area is 276 Å². The summed E-state index contributed by atoms with van der Waals surface area (Å²) < 4.78 is 29.4. The lowest BCUT2D eigenvalue weighted by atomic mass is 9.71. The second kappa shape index (κ2) is 12.4. The average molecular weight is 644 g/mol. The first-order valence-electron chi connectivity index (χ1n) is 15.6. The van der Waals surface area contributed by atoms with Crippen LogP contribution in [0.5, 0.6) is 28.7 Å². The second-order valence-electron chi connectivity index (χ2n) is 11.9. The predicted molar refractivity (Wildman–Crippen MR) is 181 cm³/mol. The first-order chi connectivity index (χ1) is 23.3. The van der Waals surface area contributed by atoms with Gasteiger partial charge < -0.3 is 23.4 Å². The molecule has 5 aromatic rings. The number of allylic oxidation sites excluding steroid dienone is 2. The monoisotopic (exact) mass is 643 g/mol. The Bertz CT molecular complexity index is 2130. The summed E-state index contributed by atoms with van der Waals surface area (Å²) in [7, 11) is 4.56. The highest BCUT2D eigenvalue weighted by Gasteiger charge is 2.54. The lowest BCUT2D eigenvalue weighted by molar-refractivity contribution is -0.122. The third-order valence-corrected chi connectivity index (χ3v) is 9.04. The van der Waals surface area contributed by atoms with E-state index in [0.29, 0.717) is 52.0 Å². The molecule has 9 nitrogen and oxygen atoms in total. The van der Waals surface area contributed by atoms with Crippen LogP contribution in [0.4, 0.5) is 5.69 Å². The highest BCUT2D eigenvalue weighted by molar-refractivity contribution is 6.22. The number of methoxy groups -OCH3 is 3. The molecule has 0 N–H and O–H groups in total. The first kappa shape index (κ1) is 30.8. The van der Waals surface area contributed by atoms with Crippen molar-refractivity contribution in [3.8, 4) is 40.1 Å². The van der Waals surface area contributed by atoms with E-state index in [2.05, 4.69) is 0 Å². The minimum Gasteiger partial charge on any atom is -0.497 e. The Morgan fingerprint density at radius 2 is 1.46 bits per heavy atom. The molecule has 0 spiro atoms. The summed E-state index contributed by atoms with van der Waals surface area (Å²) in [6.45, 7) is 1.94. The van der Waals surface area contributed by atoms with E-state index in [9.17, 15) is 14.4 Å². The summed E-state index contributed by atoms with van der Waals surface area (Å²) >= 11 is 0. The van der Waals surface area contributed by atoms with Crippen LogP contribution in [0.15, 0.2) is 112 Å². The molecule has 1 fully saturated rings. The fourth-order valence-corrected chi connectivity index (χ4v) is 6.86. The van der Waals surface area contributed by atoms with Crippen molar-refractivity contribution in [1.29, 1.82) is 0 Å². The van der Waals surface area contributed by atoms with Crippen molar-refractivity contribution in [3.63, 3.8) is 0 Å². The number of amides is 2.